The molecule has 2 aliphatic rings. The SMILES string of the molecule is C=Cc1cccc2c1CC[C@@]1(C)CNC[C@@H]21. The lowest BCUT2D eigenvalue weighted by Gasteiger charge is -2.37. The van der Waals surface area contributed by atoms with Gasteiger partial charge in [-0.2, -0.15) is 0 Å². The zero-order valence-electron chi connectivity index (χ0n) is 9.92. The van der Waals surface area contributed by atoms with Crippen LogP contribution >= 0.6 is 0 Å². The molecule has 0 aromatic heterocycles. The molecule has 0 amide bonds. The second-order valence-corrected chi connectivity index (χ2v) is 5.46. The van der Waals surface area contributed by atoms with Gasteiger partial charge in [0.15, 0.2) is 0 Å². The lowest BCUT2D eigenvalue weighted by Crippen LogP contribution is -2.30. The highest BCUT2D eigenvalue weighted by Crippen LogP contribution is 2.48. The topological polar surface area (TPSA) is 12.0 Å². The smallest absolute Gasteiger partial charge is 0.00324 e. The van der Waals surface area contributed by atoms with E-state index >= 15 is 0 Å². The minimum absolute atomic E-state index is 0.479. The second-order valence-electron chi connectivity index (χ2n) is 5.46. The Morgan fingerprint density at radius 1 is 1.50 bits per heavy atom. The first-order valence-electron chi connectivity index (χ1n) is 6.19. The lowest BCUT2D eigenvalue weighted by atomic mass is 9.66. The Morgan fingerprint density at radius 2 is 2.38 bits per heavy atom. The van der Waals surface area contributed by atoms with E-state index < -0.39 is 0 Å². The van der Waals surface area contributed by atoms with Crippen molar-refractivity contribution in [2.45, 2.75) is 25.7 Å². The zero-order valence-corrected chi connectivity index (χ0v) is 9.92. The number of fused-ring (bicyclic) bond motifs is 3. The van der Waals surface area contributed by atoms with Crippen LogP contribution in [-0.2, 0) is 6.42 Å². The molecular formula is C15H19N. The Kier molecular flexibility index (Phi) is 2.18. The van der Waals surface area contributed by atoms with Gasteiger partial charge in [0.25, 0.3) is 0 Å². The van der Waals surface area contributed by atoms with Crippen LogP contribution in [0.2, 0.25) is 0 Å². The summed E-state index contributed by atoms with van der Waals surface area (Å²) >= 11 is 0. The quantitative estimate of drug-likeness (QED) is 0.756. The molecule has 1 aliphatic heterocycles. The van der Waals surface area contributed by atoms with Crippen LogP contribution in [0.5, 0.6) is 0 Å². The molecular weight excluding hydrogens is 194 g/mol. The normalized spacial score (nSPS) is 31.9. The van der Waals surface area contributed by atoms with Crippen molar-refractivity contribution in [2.24, 2.45) is 5.41 Å². The molecule has 2 atom stereocenters. The highest BCUT2D eigenvalue weighted by molar-refractivity contribution is 5.56. The van der Waals surface area contributed by atoms with Crippen LogP contribution in [0.3, 0.4) is 0 Å². The van der Waals surface area contributed by atoms with E-state index in [-0.39, 0.29) is 0 Å². The van der Waals surface area contributed by atoms with E-state index in [1.807, 2.05) is 6.08 Å². The fraction of sp³-hybridized carbons (Fsp3) is 0.467. The molecule has 0 bridgehead atoms. The van der Waals surface area contributed by atoms with Crippen molar-refractivity contribution in [2.75, 3.05) is 13.1 Å². The third-order valence-corrected chi connectivity index (χ3v) is 4.51. The lowest BCUT2D eigenvalue weighted by molar-refractivity contribution is 0.277. The third kappa shape index (κ3) is 1.28. The van der Waals surface area contributed by atoms with Crippen molar-refractivity contribution in [1.82, 2.24) is 5.32 Å². The van der Waals surface area contributed by atoms with Gasteiger partial charge in [0.05, 0.1) is 0 Å². The number of hydrogen-bond donors (Lipinski definition) is 1. The predicted molar refractivity (Wildman–Crippen MR) is 68.6 cm³/mol. The van der Waals surface area contributed by atoms with Crippen molar-refractivity contribution < 1.29 is 0 Å². The van der Waals surface area contributed by atoms with Crippen LogP contribution in [0.1, 0.15) is 36.0 Å². The summed E-state index contributed by atoms with van der Waals surface area (Å²) in [4.78, 5) is 0. The van der Waals surface area contributed by atoms with Gasteiger partial charge in [-0.1, -0.05) is 37.8 Å². The molecule has 1 fully saturated rings. The maximum absolute atomic E-state index is 3.93. The van der Waals surface area contributed by atoms with Crippen LogP contribution in [0.25, 0.3) is 6.08 Å². The van der Waals surface area contributed by atoms with Crippen LogP contribution in [0.15, 0.2) is 24.8 Å². The Balaban J connectivity index is 2.13. The van der Waals surface area contributed by atoms with Crippen LogP contribution in [0.4, 0.5) is 0 Å². The van der Waals surface area contributed by atoms with Gasteiger partial charge in [0.1, 0.15) is 0 Å². The van der Waals surface area contributed by atoms with E-state index in [9.17, 15) is 0 Å². The number of rotatable bonds is 1. The van der Waals surface area contributed by atoms with E-state index in [0.717, 1.165) is 6.54 Å². The number of benzene rings is 1. The summed E-state index contributed by atoms with van der Waals surface area (Å²) in [5.41, 5.74) is 4.93. The van der Waals surface area contributed by atoms with Gasteiger partial charge in [0.2, 0.25) is 0 Å². The van der Waals surface area contributed by atoms with E-state index in [1.54, 1.807) is 11.1 Å². The van der Waals surface area contributed by atoms with Gasteiger partial charge in [-0.3, -0.25) is 0 Å². The predicted octanol–water partition coefficient (Wildman–Crippen LogP) is 2.97. The summed E-state index contributed by atoms with van der Waals surface area (Å²) < 4.78 is 0. The van der Waals surface area contributed by atoms with Gasteiger partial charge in [0, 0.05) is 19.0 Å². The minimum atomic E-state index is 0.479. The third-order valence-electron chi connectivity index (χ3n) is 4.51. The summed E-state index contributed by atoms with van der Waals surface area (Å²) in [5.74, 6) is 0.705. The van der Waals surface area contributed by atoms with Gasteiger partial charge >= 0.3 is 0 Å². The fourth-order valence-electron chi connectivity index (χ4n) is 3.46. The highest BCUT2D eigenvalue weighted by atomic mass is 14.9. The van der Waals surface area contributed by atoms with Gasteiger partial charge < -0.3 is 5.32 Å². The first kappa shape index (κ1) is 10.1. The summed E-state index contributed by atoms with van der Waals surface area (Å²) in [5, 5.41) is 3.56. The minimum Gasteiger partial charge on any atom is -0.316 e. The molecule has 3 rings (SSSR count). The zero-order chi connectivity index (χ0) is 11.2. The molecule has 1 saturated heterocycles. The molecule has 1 nitrogen and oxygen atoms in total. The monoisotopic (exact) mass is 213 g/mol. The first-order valence-corrected chi connectivity index (χ1v) is 6.19. The molecule has 1 heteroatoms. The molecule has 84 valence electrons. The maximum Gasteiger partial charge on any atom is 0.00324 e. The van der Waals surface area contributed by atoms with Crippen molar-refractivity contribution in [3.63, 3.8) is 0 Å². The first-order chi connectivity index (χ1) is 7.74. The molecule has 16 heavy (non-hydrogen) atoms. The van der Waals surface area contributed by atoms with Gasteiger partial charge in [-0.05, 0) is 34.9 Å². The summed E-state index contributed by atoms with van der Waals surface area (Å²) in [7, 11) is 0. The van der Waals surface area contributed by atoms with Crippen LogP contribution in [-0.4, -0.2) is 13.1 Å². The summed E-state index contributed by atoms with van der Waals surface area (Å²) in [6.07, 6.45) is 4.53. The molecule has 1 N–H and O–H groups in total. The number of hydrogen-bond acceptors (Lipinski definition) is 1. The van der Waals surface area contributed by atoms with E-state index in [1.165, 1.54) is 24.9 Å². The molecule has 1 aromatic rings. The molecule has 0 radical (unpaired) electrons. The summed E-state index contributed by atoms with van der Waals surface area (Å²) in [6.45, 7) is 8.68. The van der Waals surface area contributed by atoms with E-state index in [0.29, 0.717) is 11.3 Å². The fourth-order valence-corrected chi connectivity index (χ4v) is 3.46. The van der Waals surface area contributed by atoms with Crippen molar-refractivity contribution in [1.29, 1.82) is 0 Å². The van der Waals surface area contributed by atoms with E-state index in [4.69, 9.17) is 0 Å². The highest BCUT2D eigenvalue weighted by Gasteiger charge is 2.43. The average molecular weight is 213 g/mol. The van der Waals surface area contributed by atoms with Gasteiger partial charge in [-0.15, -0.1) is 0 Å². The standard InChI is InChI=1S/C15H19N/c1-3-11-5-4-6-13-12(11)7-8-15(2)10-16-9-14(13)15/h3-6,14,16H,1,7-10H2,2H3/t14-,15-/m0/s1. The van der Waals surface area contributed by atoms with E-state index in [2.05, 4.69) is 37.0 Å². The molecule has 0 unspecified atom stereocenters. The Bertz CT molecular complexity index is 435. The largest absolute Gasteiger partial charge is 0.316 e. The summed E-state index contributed by atoms with van der Waals surface area (Å²) in [6, 6.07) is 6.69. The molecule has 0 spiro atoms. The van der Waals surface area contributed by atoms with Gasteiger partial charge in [-0.25, -0.2) is 0 Å². The molecule has 1 heterocycles. The maximum atomic E-state index is 3.93. The average Bonchev–Trinajstić information content (AvgIpc) is 2.70. The van der Waals surface area contributed by atoms with Crippen LogP contribution in [0, 0.1) is 5.41 Å². The van der Waals surface area contributed by atoms with Crippen LogP contribution < -0.4 is 5.32 Å². The van der Waals surface area contributed by atoms with Crippen molar-refractivity contribution in [3.8, 4) is 0 Å². The molecule has 0 saturated carbocycles. The Hall–Kier alpha value is -1.08. The second kappa shape index (κ2) is 3.46. The van der Waals surface area contributed by atoms with Crippen molar-refractivity contribution in [3.05, 3.63) is 41.5 Å². The molecule has 1 aromatic carbocycles. The number of nitrogens with one attached hydrogen (secondary N) is 1. The Labute approximate surface area is 97.6 Å². The molecule has 1 aliphatic carbocycles. The van der Waals surface area contributed by atoms with Crippen molar-refractivity contribution >= 4 is 6.08 Å². The Morgan fingerprint density at radius 3 is 3.19 bits per heavy atom.